The van der Waals surface area contributed by atoms with Crippen LogP contribution in [0, 0.1) is 5.92 Å². The first kappa shape index (κ1) is 14.2. The topological polar surface area (TPSA) is 58.9 Å². The Morgan fingerprint density at radius 1 is 1.04 bits per heavy atom. The molecule has 23 heavy (non-hydrogen) atoms. The van der Waals surface area contributed by atoms with Gasteiger partial charge >= 0.3 is 0 Å². The smallest absolute Gasteiger partial charge is 0.165 e. The van der Waals surface area contributed by atoms with Gasteiger partial charge in [-0.05, 0) is 42.5 Å². The summed E-state index contributed by atoms with van der Waals surface area (Å²) in [7, 11) is 1.59. The Hall–Kier alpha value is -2.36. The zero-order valence-electron chi connectivity index (χ0n) is 13.0. The highest BCUT2D eigenvalue weighted by molar-refractivity contribution is 5.55. The van der Waals surface area contributed by atoms with Crippen molar-refractivity contribution in [3.63, 3.8) is 0 Å². The van der Waals surface area contributed by atoms with Crippen LogP contribution in [0.5, 0.6) is 23.0 Å². The molecule has 2 aliphatic rings. The molecule has 1 aliphatic carbocycles. The average Bonchev–Trinajstić information content (AvgIpc) is 3.04. The molecule has 1 saturated carbocycles. The number of benzene rings is 2. The second-order valence-electron chi connectivity index (χ2n) is 6.40. The van der Waals surface area contributed by atoms with E-state index in [0.29, 0.717) is 17.6 Å². The molecule has 0 bridgehead atoms. The number of hydrogen-bond donors (Lipinski definition) is 2. The van der Waals surface area contributed by atoms with Crippen LogP contribution in [0.25, 0.3) is 0 Å². The molecule has 4 nitrogen and oxygen atoms in total. The summed E-state index contributed by atoms with van der Waals surface area (Å²) in [5.41, 5.74) is 2.12. The van der Waals surface area contributed by atoms with Crippen LogP contribution in [-0.2, 0) is 0 Å². The summed E-state index contributed by atoms with van der Waals surface area (Å²) in [6.45, 7) is 0. The van der Waals surface area contributed by atoms with Crippen LogP contribution in [0.1, 0.15) is 42.4 Å². The molecule has 0 saturated heterocycles. The minimum Gasteiger partial charge on any atom is -0.508 e. The molecule has 3 atom stereocenters. The predicted molar refractivity (Wildman–Crippen MR) is 86.2 cm³/mol. The largest absolute Gasteiger partial charge is 0.508 e. The van der Waals surface area contributed by atoms with Crippen LogP contribution in [0.3, 0.4) is 0 Å². The van der Waals surface area contributed by atoms with Gasteiger partial charge in [-0.25, -0.2) is 0 Å². The maximum absolute atomic E-state index is 9.97. The van der Waals surface area contributed by atoms with Crippen LogP contribution in [-0.4, -0.2) is 17.3 Å². The van der Waals surface area contributed by atoms with Crippen molar-refractivity contribution in [1.29, 1.82) is 0 Å². The number of rotatable bonds is 2. The average molecular weight is 312 g/mol. The standard InChI is InChI=1S/C19H20O4/c1-22-17-10-13(21)9-16-14-3-2-4-15(14)18(23-19(16)17)11-5-7-12(20)8-6-11/h5-10,14-15,18,20-21H,2-4H2,1H3/t14-,15+,18+/m0/s1. The van der Waals surface area contributed by atoms with Gasteiger partial charge in [-0.15, -0.1) is 0 Å². The van der Waals surface area contributed by atoms with Gasteiger partial charge < -0.3 is 19.7 Å². The summed E-state index contributed by atoms with van der Waals surface area (Å²) in [6.07, 6.45) is 3.31. The van der Waals surface area contributed by atoms with Crippen molar-refractivity contribution in [3.8, 4) is 23.0 Å². The Balaban J connectivity index is 1.81. The number of phenolic OH excluding ortho intramolecular Hbond substituents is 2. The van der Waals surface area contributed by atoms with Gasteiger partial charge in [-0.3, -0.25) is 0 Å². The lowest BCUT2D eigenvalue weighted by Gasteiger charge is -2.37. The molecule has 120 valence electrons. The fraction of sp³-hybridized carbons (Fsp3) is 0.368. The maximum Gasteiger partial charge on any atom is 0.165 e. The van der Waals surface area contributed by atoms with Crippen molar-refractivity contribution in [3.05, 3.63) is 47.5 Å². The van der Waals surface area contributed by atoms with Crippen molar-refractivity contribution in [2.75, 3.05) is 7.11 Å². The van der Waals surface area contributed by atoms with Crippen LogP contribution < -0.4 is 9.47 Å². The minimum absolute atomic E-state index is 0.0472. The molecule has 4 rings (SSSR count). The maximum atomic E-state index is 9.97. The van der Waals surface area contributed by atoms with E-state index in [1.165, 1.54) is 0 Å². The molecule has 1 heterocycles. The highest BCUT2D eigenvalue weighted by Crippen LogP contribution is 2.56. The monoisotopic (exact) mass is 312 g/mol. The van der Waals surface area contributed by atoms with Gasteiger partial charge in [0.05, 0.1) is 7.11 Å². The van der Waals surface area contributed by atoms with Crippen molar-refractivity contribution in [2.45, 2.75) is 31.3 Å². The number of phenols is 2. The third kappa shape index (κ3) is 2.29. The van der Waals surface area contributed by atoms with E-state index >= 15 is 0 Å². The summed E-state index contributed by atoms with van der Waals surface area (Å²) < 4.78 is 11.8. The lowest BCUT2D eigenvalue weighted by atomic mass is 9.80. The first-order chi connectivity index (χ1) is 11.2. The third-order valence-electron chi connectivity index (χ3n) is 5.11. The minimum atomic E-state index is -0.0472. The van der Waals surface area contributed by atoms with E-state index in [-0.39, 0.29) is 17.6 Å². The Labute approximate surface area is 135 Å². The Bertz CT molecular complexity index is 723. The number of aromatic hydroxyl groups is 2. The molecule has 4 heteroatoms. The van der Waals surface area contributed by atoms with Crippen LogP contribution in [0.4, 0.5) is 0 Å². The first-order valence-corrected chi connectivity index (χ1v) is 8.04. The molecule has 0 aromatic heterocycles. The van der Waals surface area contributed by atoms with Crippen molar-refractivity contribution >= 4 is 0 Å². The molecule has 0 unspecified atom stereocenters. The van der Waals surface area contributed by atoms with Gasteiger partial charge in [-0.1, -0.05) is 18.6 Å². The van der Waals surface area contributed by atoms with E-state index in [9.17, 15) is 10.2 Å². The lowest BCUT2D eigenvalue weighted by molar-refractivity contribution is 0.0993. The summed E-state index contributed by atoms with van der Waals surface area (Å²) in [5.74, 6) is 2.56. The number of fused-ring (bicyclic) bond motifs is 3. The summed E-state index contributed by atoms with van der Waals surface area (Å²) in [5, 5.41) is 19.5. The zero-order chi connectivity index (χ0) is 16.0. The highest BCUT2D eigenvalue weighted by Gasteiger charge is 2.43. The van der Waals surface area contributed by atoms with E-state index in [0.717, 1.165) is 36.1 Å². The zero-order valence-corrected chi connectivity index (χ0v) is 13.0. The van der Waals surface area contributed by atoms with E-state index in [2.05, 4.69) is 0 Å². The molecular formula is C19H20O4. The molecule has 0 amide bonds. The molecule has 1 fully saturated rings. The molecule has 2 aromatic carbocycles. The Morgan fingerprint density at radius 2 is 1.83 bits per heavy atom. The van der Waals surface area contributed by atoms with Gasteiger partial charge in [-0.2, -0.15) is 0 Å². The molecule has 1 aliphatic heterocycles. The number of ether oxygens (including phenoxy) is 2. The fourth-order valence-electron chi connectivity index (χ4n) is 4.09. The quantitative estimate of drug-likeness (QED) is 0.875. The van der Waals surface area contributed by atoms with E-state index in [4.69, 9.17) is 9.47 Å². The van der Waals surface area contributed by atoms with Crippen LogP contribution >= 0.6 is 0 Å². The second kappa shape index (κ2) is 5.37. The fourth-order valence-corrected chi connectivity index (χ4v) is 4.09. The van der Waals surface area contributed by atoms with Crippen LogP contribution in [0.15, 0.2) is 36.4 Å². The second-order valence-corrected chi connectivity index (χ2v) is 6.40. The van der Waals surface area contributed by atoms with Crippen LogP contribution in [0.2, 0.25) is 0 Å². The molecule has 2 aromatic rings. The van der Waals surface area contributed by atoms with Gasteiger partial charge in [0.25, 0.3) is 0 Å². The Kier molecular flexibility index (Phi) is 3.33. The van der Waals surface area contributed by atoms with Crippen molar-refractivity contribution in [2.24, 2.45) is 5.92 Å². The molecule has 2 N–H and O–H groups in total. The summed E-state index contributed by atoms with van der Waals surface area (Å²) >= 11 is 0. The molecule has 0 radical (unpaired) electrons. The molecule has 0 spiro atoms. The van der Waals surface area contributed by atoms with Gasteiger partial charge in [0.1, 0.15) is 17.6 Å². The van der Waals surface area contributed by atoms with E-state index < -0.39 is 0 Å². The van der Waals surface area contributed by atoms with E-state index in [1.807, 2.05) is 18.2 Å². The summed E-state index contributed by atoms with van der Waals surface area (Å²) in [6, 6.07) is 10.7. The van der Waals surface area contributed by atoms with Gasteiger partial charge in [0.15, 0.2) is 11.5 Å². The number of hydrogen-bond acceptors (Lipinski definition) is 4. The van der Waals surface area contributed by atoms with Crippen molar-refractivity contribution in [1.82, 2.24) is 0 Å². The SMILES string of the molecule is COc1cc(O)cc2c1O[C@H](c1ccc(O)cc1)[C@@H]1CCC[C@H]21. The van der Waals surface area contributed by atoms with Crippen molar-refractivity contribution < 1.29 is 19.7 Å². The van der Waals surface area contributed by atoms with Gasteiger partial charge in [0, 0.05) is 17.5 Å². The first-order valence-electron chi connectivity index (χ1n) is 8.04. The normalized spacial score (nSPS) is 25.3. The predicted octanol–water partition coefficient (Wildman–Crippen LogP) is 4.12. The third-order valence-corrected chi connectivity index (χ3v) is 5.11. The van der Waals surface area contributed by atoms with Gasteiger partial charge in [0.2, 0.25) is 0 Å². The van der Waals surface area contributed by atoms with E-state index in [1.54, 1.807) is 25.3 Å². The lowest BCUT2D eigenvalue weighted by Crippen LogP contribution is -2.27. The highest BCUT2D eigenvalue weighted by atomic mass is 16.5. The molecular weight excluding hydrogens is 292 g/mol. The summed E-state index contributed by atoms with van der Waals surface area (Å²) in [4.78, 5) is 0. The number of methoxy groups -OCH3 is 1. The Morgan fingerprint density at radius 3 is 2.57 bits per heavy atom.